The molecule has 0 aromatic rings. The predicted octanol–water partition coefficient (Wildman–Crippen LogP) is 1.57. The zero-order chi connectivity index (χ0) is 5.11. The first kappa shape index (κ1) is 5.39. The van der Waals surface area contributed by atoms with Gasteiger partial charge in [0.05, 0.1) is 5.38 Å². The highest BCUT2D eigenvalue weighted by Gasteiger charge is 2.09. The summed E-state index contributed by atoms with van der Waals surface area (Å²) in [5.74, 6) is 0. The second-order valence-corrected chi connectivity index (χ2v) is 2.23. The second-order valence-electron chi connectivity index (χ2n) is 1.67. The molecule has 0 aromatic carbocycles. The van der Waals surface area contributed by atoms with E-state index in [0.717, 1.165) is 19.4 Å². The first-order valence-corrected chi connectivity index (χ1v) is 2.92. The third kappa shape index (κ3) is 1.66. The average Bonchev–Trinajstić information content (AvgIpc) is 1.69. The zero-order valence-electron chi connectivity index (χ0n) is 4.06. The van der Waals surface area contributed by atoms with Crippen LogP contribution in [-0.2, 0) is 4.74 Å². The molecule has 0 bridgehead atoms. The molecule has 0 spiro atoms. The number of ether oxygens (including phenoxy) is 1. The molecule has 1 fully saturated rings. The van der Waals surface area contributed by atoms with E-state index in [2.05, 4.69) is 0 Å². The molecule has 0 aromatic heterocycles. The molecule has 1 rings (SSSR count). The minimum atomic E-state index is 0.161. The van der Waals surface area contributed by atoms with Crippen molar-refractivity contribution in [2.75, 3.05) is 6.61 Å². The minimum Gasteiger partial charge on any atom is -0.374 e. The monoisotopic (exact) mass is 119 g/mol. The van der Waals surface area contributed by atoms with Crippen LogP contribution in [0.5, 0.6) is 0 Å². The molecule has 1 aliphatic heterocycles. The van der Waals surface area contributed by atoms with Crippen molar-refractivity contribution in [3.05, 3.63) is 6.61 Å². The molecule has 1 atom stereocenters. The molecule has 0 N–H and O–H groups in total. The van der Waals surface area contributed by atoms with Gasteiger partial charge in [-0.25, -0.2) is 0 Å². The molecule has 0 amide bonds. The van der Waals surface area contributed by atoms with Gasteiger partial charge in [0.25, 0.3) is 0 Å². The van der Waals surface area contributed by atoms with Crippen LogP contribution in [0.25, 0.3) is 0 Å². The maximum atomic E-state index is 5.64. The fraction of sp³-hybridized carbons (Fsp3) is 0.800. The van der Waals surface area contributed by atoms with Crippen molar-refractivity contribution in [1.82, 2.24) is 0 Å². The van der Waals surface area contributed by atoms with Crippen LogP contribution in [0, 0.1) is 6.61 Å². The van der Waals surface area contributed by atoms with Crippen LogP contribution >= 0.6 is 11.6 Å². The number of halogens is 1. The molecule has 2 heteroatoms. The van der Waals surface area contributed by atoms with Gasteiger partial charge in [-0.1, -0.05) is 0 Å². The number of hydrogen-bond acceptors (Lipinski definition) is 1. The number of hydrogen-bond donors (Lipinski definition) is 0. The lowest BCUT2D eigenvalue weighted by Gasteiger charge is -2.14. The van der Waals surface area contributed by atoms with E-state index in [-0.39, 0.29) is 5.38 Å². The standard InChI is InChI=1S/C5H8ClO/c6-5-2-1-3-7-4-5/h4-5H,1-3H2. The molecule has 41 valence electrons. The molecule has 1 unspecified atom stereocenters. The molecule has 7 heavy (non-hydrogen) atoms. The van der Waals surface area contributed by atoms with E-state index < -0.39 is 0 Å². The topological polar surface area (TPSA) is 9.23 Å². The van der Waals surface area contributed by atoms with E-state index in [9.17, 15) is 0 Å². The van der Waals surface area contributed by atoms with Crippen LogP contribution in [0.3, 0.4) is 0 Å². The summed E-state index contributed by atoms with van der Waals surface area (Å²) in [6, 6.07) is 0. The fourth-order valence-corrected chi connectivity index (χ4v) is 0.829. The third-order valence-corrected chi connectivity index (χ3v) is 1.31. The van der Waals surface area contributed by atoms with Crippen molar-refractivity contribution >= 4 is 11.6 Å². The number of rotatable bonds is 0. The van der Waals surface area contributed by atoms with Crippen molar-refractivity contribution in [3.8, 4) is 0 Å². The smallest absolute Gasteiger partial charge is 0.101 e. The Balaban J connectivity index is 2.12. The highest BCUT2D eigenvalue weighted by Crippen LogP contribution is 2.14. The summed E-state index contributed by atoms with van der Waals surface area (Å²) in [4.78, 5) is 0. The molecule has 1 aliphatic rings. The van der Waals surface area contributed by atoms with Gasteiger partial charge in [-0.2, -0.15) is 0 Å². The van der Waals surface area contributed by atoms with E-state index in [0.29, 0.717) is 0 Å². The van der Waals surface area contributed by atoms with Gasteiger partial charge >= 0.3 is 0 Å². The minimum absolute atomic E-state index is 0.161. The van der Waals surface area contributed by atoms with E-state index in [1.54, 1.807) is 6.61 Å². The van der Waals surface area contributed by atoms with Gasteiger partial charge in [0.15, 0.2) is 0 Å². The average molecular weight is 120 g/mol. The maximum absolute atomic E-state index is 5.64. The Morgan fingerprint density at radius 3 is 2.86 bits per heavy atom. The largest absolute Gasteiger partial charge is 0.374 e. The normalized spacial score (nSPS) is 33.0. The van der Waals surface area contributed by atoms with Crippen LogP contribution in [0.4, 0.5) is 0 Å². The van der Waals surface area contributed by atoms with Gasteiger partial charge in [0.1, 0.15) is 6.61 Å². The Hall–Kier alpha value is 0.250. The molecular weight excluding hydrogens is 112 g/mol. The summed E-state index contributed by atoms with van der Waals surface area (Å²) in [6.07, 6.45) is 2.17. The maximum Gasteiger partial charge on any atom is 0.101 e. The first-order chi connectivity index (χ1) is 3.39. The molecule has 1 saturated heterocycles. The van der Waals surface area contributed by atoms with Crippen LogP contribution in [0.2, 0.25) is 0 Å². The Morgan fingerprint density at radius 2 is 2.57 bits per heavy atom. The van der Waals surface area contributed by atoms with Gasteiger partial charge in [-0.3, -0.25) is 0 Å². The lowest BCUT2D eigenvalue weighted by Crippen LogP contribution is -2.11. The third-order valence-electron chi connectivity index (χ3n) is 0.986. The van der Waals surface area contributed by atoms with Crippen molar-refractivity contribution < 1.29 is 4.74 Å². The van der Waals surface area contributed by atoms with Crippen molar-refractivity contribution in [1.29, 1.82) is 0 Å². The highest BCUT2D eigenvalue weighted by molar-refractivity contribution is 6.21. The molecule has 1 heterocycles. The van der Waals surface area contributed by atoms with E-state index in [1.165, 1.54) is 0 Å². The van der Waals surface area contributed by atoms with Crippen LogP contribution in [0.15, 0.2) is 0 Å². The summed E-state index contributed by atoms with van der Waals surface area (Å²) in [5.41, 5.74) is 0. The fourth-order valence-electron chi connectivity index (χ4n) is 0.602. The predicted molar refractivity (Wildman–Crippen MR) is 29.1 cm³/mol. The van der Waals surface area contributed by atoms with Crippen LogP contribution in [-0.4, -0.2) is 12.0 Å². The van der Waals surface area contributed by atoms with E-state index in [1.807, 2.05) is 0 Å². The molecule has 0 saturated carbocycles. The first-order valence-electron chi connectivity index (χ1n) is 2.48. The Bertz CT molecular complexity index is 50.0. The van der Waals surface area contributed by atoms with Crippen molar-refractivity contribution in [2.45, 2.75) is 18.2 Å². The highest BCUT2D eigenvalue weighted by atomic mass is 35.5. The van der Waals surface area contributed by atoms with Crippen molar-refractivity contribution in [2.24, 2.45) is 0 Å². The van der Waals surface area contributed by atoms with E-state index in [4.69, 9.17) is 16.3 Å². The summed E-state index contributed by atoms with van der Waals surface area (Å²) in [5, 5.41) is 0.161. The molecule has 0 aliphatic carbocycles. The van der Waals surface area contributed by atoms with Gasteiger partial charge in [-0.05, 0) is 12.8 Å². The van der Waals surface area contributed by atoms with Gasteiger partial charge in [0.2, 0.25) is 0 Å². The van der Waals surface area contributed by atoms with Crippen LogP contribution in [0.1, 0.15) is 12.8 Å². The lowest BCUT2D eigenvalue weighted by atomic mass is 10.2. The van der Waals surface area contributed by atoms with Crippen LogP contribution < -0.4 is 0 Å². The van der Waals surface area contributed by atoms with Gasteiger partial charge < -0.3 is 4.74 Å². The Morgan fingerprint density at radius 1 is 1.71 bits per heavy atom. The Kier molecular flexibility index (Phi) is 1.95. The molecular formula is C5H8ClO. The second kappa shape index (κ2) is 2.53. The lowest BCUT2D eigenvalue weighted by molar-refractivity contribution is 0.158. The molecule has 1 nitrogen and oxygen atoms in total. The quantitative estimate of drug-likeness (QED) is 0.440. The zero-order valence-corrected chi connectivity index (χ0v) is 4.82. The van der Waals surface area contributed by atoms with Gasteiger partial charge in [0, 0.05) is 6.61 Å². The summed E-state index contributed by atoms with van der Waals surface area (Å²) >= 11 is 5.64. The SMILES string of the molecule is ClC1[CH]OCCC1. The Labute approximate surface area is 48.6 Å². The molecule has 1 radical (unpaired) electrons. The van der Waals surface area contributed by atoms with Crippen molar-refractivity contribution in [3.63, 3.8) is 0 Å². The van der Waals surface area contributed by atoms with E-state index >= 15 is 0 Å². The number of alkyl halides is 1. The summed E-state index contributed by atoms with van der Waals surface area (Å²) < 4.78 is 4.92. The summed E-state index contributed by atoms with van der Waals surface area (Å²) in [6.45, 7) is 2.55. The van der Waals surface area contributed by atoms with Gasteiger partial charge in [-0.15, -0.1) is 11.6 Å². The summed E-state index contributed by atoms with van der Waals surface area (Å²) in [7, 11) is 0.